The Kier molecular flexibility index (Phi) is 7.06. The van der Waals surface area contributed by atoms with Gasteiger partial charge < -0.3 is 14.8 Å². The van der Waals surface area contributed by atoms with Gasteiger partial charge in [-0.05, 0) is 48.9 Å². The molecule has 1 N–H and O–H groups in total. The maximum Gasteiger partial charge on any atom is 0.263 e. The molecule has 0 fully saturated rings. The Morgan fingerprint density at radius 2 is 2.00 bits per heavy atom. The number of aryl methyl sites for hydroxylation is 1. The number of nitrogens with one attached hydrogen (secondary N) is 1. The van der Waals surface area contributed by atoms with Crippen LogP contribution in [-0.2, 0) is 13.2 Å². The minimum absolute atomic E-state index is 0.0171. The highest BCUT2D eigenvalue weighted by Crippen LogP contribution is 2.22. The number of hydrogen-bond donors (Lipinski definition) is 1. The van der Waals surface area contributed by atoms with E-state index in [1.165, 1.54) is 11.3 Å². The fraction of sp³-hybridized carbons (Fsp3) is 0.190. The number of rotatable bonds is 8. The van der Waals surface area contributed by atoms with E-state index < -0.39 is 0 Å². The molecule has 0 saturated heterocycles. The van der Waals surface area contributed by atoms with Crippen LogP contribution in [0.4, 0.5) is 0 Å². The zero-order chi connectivity index (χ0) is 20.6. The van der Waals surface area contributed by atoms with Gasteiger partial charge in [-0.3, -0.25) is 4.79 Å². The molecule has 0 saturated carbocycles. The first-order valence-corrected chi connectivity index (χ1v) is 9.96. The monoisotopic (exact) mass is 427 g/mol. The zero-order valence-electron chi connectivity index (χ0n) is 15.6. The second-order valence-corrected chi connectivity index (χ2v) is 7.56. The van der Waals surface area contributed by atoms with Gasteiger partial charge in [0.05, 0.1) is 5.69 Å². The van der Waals surface area contributed by atoms with E-state index in [0.717, 1.165) is 10.6 Å². The van der Waals surface area contributed by atoms with Crippen molar-refractivity contribution < 1.29 is 14.3 Å². The molecule has 0 aliphatic heterocycles. The highest BCUT2D eigenvalue weighted by atomic mass is 35.5. The molecular formula is C21H18ClN3O3S. The third-order valence-corrected chi connectivity index (χ3v) is 5.26. The molecule has 1 aromatic heterocycles. The smallest absolute Gasteiger partial charge is 0.263 e. The lowest BCUT2D eigenvalue weighted by Gasteiger charge is -2.07. The number of carbonyl (C=O) groups excluding carboxylic acids is 1. The summed E-state index contributed by atoms with van der Waals surface area (Å²) < 4.78 is 11.0. The summed E-state index contributed by atoms with van der Waals surface area (Å²) in [6.07, 6.45) is 0. The van der Waals surface area contributed by atoms with Crippen LogP contribution in [0.25, 0.3) is 0 Å². The van der Waals surface area contributed by atoms with Crippen LogP contribution in [0, 0.1) is 18.3 Å². The molecule has 1 heterocycles. The van der Waals surface area contributed by atoms with Gasteiger partial charge in [-0.1, -0.05) is 23.7 Å². The maximum atomic E-state index is 12.6. The average Bonchev–Trinajstić information content (AvgIpc) is 3.11. The van der Waals surface area contributed by atoms with E-state index in [0.29, 0.717) is 33.6 Å². The van der Waals surface area contributed by atoms with E-state index in [2.05, 4.69) is 10.3 Å². The van der Waals surface area contributed by atoms with Crippen LogP contribution in [0.2, 0.25) is 5.02 Å². The molecule has 0 spiro atoms. The number of amides is 1. The van der Waals surface area contributed by atoms with Crippen molar-refractivity contribution in [1.82, 2.24) is 10.3 Å². The highest BCUT2D eigenvalue weighted by Gasteiger charge is 2.15. The van der Waals surface area contributed by atoms with Gasteiger partial charge in [-0.2, -0.15) is 5.26 Å². The molecule has 0 atom stereocenters. The van der Waals surface area contributed by atoms with Gasteiger partial charge in [0.1, 0.15) is 34.1 Å². The lowest BCUT2D eigenvalue weighted by atomic mass is 10.2. The Balaban J connectivity index is 1.57. The van der Waals surface area contributed by atoms with Crippen molar-refractivity contribution >= 4 is 28.8 Å². The van der Waals surface area contributed by atoms with Crippen LogP contribution < -0.4 is 14.8 Å². The van der Waals surface area contributed by atoms with E-state index in [1.807, 2.05) is 18.2 Å². The predicted octanol–water partition coefficient (Wildman–Crippen LogP) is 4.52. The normalized spacial score (nSPS) is 10.2. The number of halogens is 1. The summed E-state index contributed by atoms with van der Waals surface area (Å²) in [6.45, 7) is 2.40. The van der Waals surface area contributed by atoms with Crippen molar-refractivity contribution in [3.8, 4) is 17.6 Å². The van der Waals surface area contributed by atoms with Gasteiger partial charge in [-0.15, -0.1) is 11.3 Å². The van der Waals surface area contributed by atoms with Crippen LogP contribution in [0.15, 0.2) is 48.5 Å². The van der Waals surface area contributed by atoms with Gasteiger partial charge in [-0.25, -0.2) is 4.98 Å². The Morgan fingerprint density at radius 3 is 2.76 bits per heavy atom. The number of benzene rings is 2. The SMILES string of the molecule is Cc1nc(COc2ccc(Cl)cc2)sc1C(=O)NCc1cccc(OCC#N)c1. The van der Waals surface area contributed by atoms with Crippen molar-refractivity contribution in [1.29, 1.82) is 5.26 Å². The molecule has 3 aromatic rings. The van der Waals surface area contributed by atoms with Gasteiger partial charge in [0.15, 0.2) is 6.61 Å². The Labute approximate surface area is 177 Å². The van der Waals surface area contributed by atoms with E-state index >= 15 is 0 Å². The topological polar surface area (TPSA) is 84.2 Å². The van der Waals surface area contributed by atoms with Crippen molar-refractivity contribution in [2.45, 2.75) is 20.1 Å². The van der Waals surface area contributed by atoms with Gasteiger partial charge in [0.2, 0.25) is 0 Å². The van der Waals surface area contributed by atoms with Crippen LogP contribution in [-0.4, -0.2) is 17.5 Å². The fourth-order valence-corrected chi connectivity index (χ4v) is 3.54. The second-order valence-electron chi connectivity index (χ2n) is 6.04. The van der Waals surface area contributed by atoms with Crippen molar-refractivity contribution in [3.63, 3.8) is 0 Å². The predicted molar refractivity (Wildman–Crippen MR) is 111 cm³/mol. The van der Waals surface area contributed by atoms with E-state index in [1.54, 1.807) is 43.3 Å². The fourth-order valence-electron chi connectivity index (χ4n) is 2.52. The molecule has 0 aliphatic rings. The molecule has 8 heteroatoms. The van der Waals surface area contributed by atoms with Gasteiger partial charge in [0.25, 0.3) is 5.91 Å². The van der Waals surface area contributed by atoms with Gasteiger partial charge >= 0.3 is 0 Å². The number of nitriles is 1. The van der Waals surface area contributed by atoms with Crippen molar-refractivity contribution in [3.05, 3.63) is 74.7 Å². The standard InChI is InChI=1S/C21H18ClN3O3S/c1-14-20(29-19(25-14)13-28-17-7-5-16(22)6-8-17)21(26)24-12-15-3-2-4-18(11-15)27-10-9-23/h2-8,11H,10,12-13H2,1H3,(H,24,26). The molecule has 6 nitrogen and oxygen atoms in total. The molecule has 1 amide bonds. The second kappa shape index (κ2) is 9.92. The third kappa shape index (κ3) is 5.95. The van der Waals surface area contributed by atoms with Crippen LogP contribution in [0.5, 0.6) is 11.5 Å². The number of hydrogen-bond acceptors (Lipinski definition) is 6. The molecule has 0 bridgehead atoms. The first kappa shape index (κ1) is 20.6. The van der Waals surface area contributed by atoms with Crippen molar-refractivity contribution in [2.75, 3.05) is 6.61 Å². The molecule has 0 radical (unpaired) electrons. The number of ether oxygens (including phenoxy) is 2. The minimum atomic E-state index is -0.193. The van der Waals surface area contributed by atoms with E-state index in [4.69, 9.17) is 26.3 Å². The largest absolute Gasteiger partial charge is 0.486 e. The minimum Gasteiger partial charge on any atom is -0.486 e. The summed E-state index contributed by atoms with van der Waals surface area (Å²) in [7, 11) is 0. The first-order chi connectivity index (χ1) is 14.0. The first-order valence-electron chi connectivity index (χ1n) is 8.76. The number of nitrogens with zero attached hydrogens (tertiary/aromatic N) is 2. The van der Waals surface area contributed by atoms with Gasteiger partial charge in [0, 0.05) is 11.6 Å². The molecule has 0 aliphatic carbocycles. The molecule has 0 unspecified atom stereocenters. The molecule has 2 aromatic carbocycles. The summed E-state index contributed by atoms with van der Waals surface area (Å²) in [5.41, 5.74) is 1.54. The summed E-state index contributed by atoms with van der Waals surface area (Å²) in [4.78, 5) is 17.5. The van der Waals surface area contributed by atoms with E-state index in [9.17, 15) is 4.79 Å². The average molecular weight is 428 g/mol. The highest BCUT2D eigenvalue weighted by molar-refractivity contribution is 7.13. The summed E-state index contributed by atoms with van der Waals surface area (Å²) in [6, 6.07) is 16.3. The maximum absolute atomic E-state index is 12.6. The lowest BCUT2D eigenvalue weighted by Crippen LogP contribution is -2.22. The zero-order valence-corrected chi connectivity index (χ0v) is 17.2. The van der Waals surface area contributed by atoms with Crippen LogP contribution in [0.3, 0.4) is 0 Å². The Hall–Kier alpha value is -3.08. The van der Waals surface area contributed by atoms with Crippen molar-refractivity contribution in [2.24, 2.45) is 0 Å². The summed E-state index contributed by atoms with van der Waals surface area (Å²) >= 11 is 7.17. The summed E-state index contributed by atoms with van der Waals surface area (Å²) in [5, 5.41) is 12.8. The number of aromatic nitrogens is 1. The molecule has 148 valence electrons. The Bertz CT molecular complexity index is 1030. The number of carbonyl (C=O) groups is 1. The van der Waals surface area contributed by atoms with E-state index in [-0.39, 0.29) is 19.1 Å². The quantitative estimate of drug-likeness (QED) is 0.571. The lowest BCUT2D eigenvalue weighted by molar-refractivity contribution is 0.0954. The number of thiazole rings is 1. The molecular weight excluding hydrogens is 410 g/mol. The van der Waals surface area contributed by atoms with Crippen LogP contribution >= 0.6 is 22.9 Å². The Morgan fingerprint density at radius 1 is 1.21 bits per heavy atom. The molecule has 3 rings (SSSR count). The van der Waals surface area contributed by atoms with Crippen LogP contribution in [0.1, 0.15) is 25.9 Å². The summed E-state index contributed by atoms with van der Waals surface area (Å²) in [5.74, 6) is 1.08. The molecule has 29 heavy (non-hydrogen) atoms. The third-order valence-electron chi connectivity index (χ3n) is 3.88.